The summed E-state index contributed by atoms with van der Waals surface area (Å²) in [6.45, 7) is 0.332. The molecule has 0 radical (unpaired) electrons. The van der Waals surface area contributed by atoms with E-state index in [4.69, 9.17) is 0 Å². The van der Waals surface area contributed by atoms with Crippen LogP contribution in [-0.2, 0) is 9.68 Å². The van der Waals surface area contributed by atoms with Crippen molar-refractivity contribution in [1.82, 2.24) is 3.11 Å². The average molecular weight is 246 g/mol. The summed E-state index contributed by atoms with van der Waals surface area (Å²) in [6.07, 6.45) is -0.210. The highest BCUT2D eigenvalue weighted by Gasteiger charge is 2.26. The maximum Gasteiger partial charge on any atom is 0.212 e. The number of halogens is 1. The van der Waals surface area contributed by atoms with Crippen molar-refractivity contribution in [3.05, 3.63) is 5.21 Å². The third kappa shape index (κ3) is 1.99. The van der Waals surface area contributed by atoms with E-state index in [0.29, 0.717) is 6.61 Å². The van der Waals surface area contributed by atoms with Gasteiger partial charge in [-0.15, -0.1) is 4.84 Å². The lowest BCUT2D eigenvalue weighted by Crippen LogP contribution is -3.02. The Morgan fingerprint density at radius 1 is 1.89 bits per heavy atom. The molecule has 54 valence electrons. The van der Waals surface area contributed by atoms with Gasteiger partial charge in [0.15, 0.2) is 6.61 Å². The van der Waals surface area contributed by atoms with E-state index < -0.39 is 5.39 Å². The van der Waals surface area contributed by atoms with Gasteiger partial charge in [0.1, 0.15) is 0 Å². The number of nitrogens with one attached hydrogen (secondary N) is 1. The van der Waals surface area contributed by atoms with E-state index in [1.807, 2.05) is 29.9 Å². The van der Waals surface area contributed by atoms with Crippen molar-refractivity contribution >= 4 is 22.9 Å². The molecule has 0 aromatic carbocycles. The van der Waals surface area contributed by atoms with Crippen LogP contribution in [0.25, 0.3) is 0 Å². The molecule has 0 saturated carbocycles. The standard InChI is InChI=1S/C3H7IN2O3/c1-5(4)3-2-8-6(7)9-3/h3,6H,2H2,1H3. The Kier molecular flexibility index (Phi) is 2.61. The minimum atomic E-state index is -0.580. The molecule has 6 heteroatoms. The summed E-state index contributed by atoms with van der Waals surface area (Å²) in [4.78, 5) is 9.20. The number of rotatable bonds is 1. The Morgan fingerprint density at radius 2 is 2.56 bits per heavy atom. The highest BCUT2D eigenvalue weighted by Crippen LogP contribution is 2.04. The molecule has 9 heavy (non-hydrogen) atoms. The lowest BCUT2D eigenvalue weighted by molar-refractivity contribution is -1.19. The second-order valence-electron chi connectivity index (χ2n) is 1.66. The van der Waals surface area contributed by atoms with Crippen LogP contribution >= 0.6 is 22.9 Å². The minimum Gasteiger partial charge on any atom is -0.566 e. The Morgan fingerprint density at radius 3 is 2.78 bits per heavy atom. The molecule has 1 saturated heterocycles. The van der Waals surface area contributed by atoms with Gasteiger partial charge in [-0.25, -0.2) is 3.11 Å². The van der Waals surface area contributed by atoms with Crippen LogP contribution in [0.2, 0.25) is 0 Å². The van der Waals surface area contributed by atoms with Crippen LogP contribution in [0.4, 0.5) is 0 Å². The molecule has 0 aromatic heterocycles. The lowest BCUT2D eigenvalue weighted by Gasteiger charge is -2.11. The van der Waals surface area contributed by atoms with Crippen LogP contribution in [0.1, 0.15) is 0 Å². The summed E-state index contributed by atoms with van der Waals surface area (Å²) < 4.78 is 1.75. The molecular weight excluding hydrogens is 239 g/mol. The minimum absolute atomic E-state index is 0.210. The van der Waals surface area contributed by atoms with E-state index in [9.17, 15) is 5.21 Å². The lowest BCUT2D eigenvalue weighted by atomic mass is 10.6. The van der Waals surface area contributed by atoms with Crippen molar-refractivity contribution in [3.8, 4) is 0 Å². The van der Waals surface area contributed by atoms with Crippen LogP contribution in [-0.4, -0.2) is 23.0 Å². The first-order chi connectivity index (χ1) is 4.20. The Bertz CT molecular complexity index is 101. The molecule has 1 rings (SSSR count). The number of hydrogen-bond acceptors (Lipinski definition) is 4. The molecule has 1 aliphatic heterocycles. The smallest absolute Gasteiger partial charge is 0.212 e. The zero-order chi connectivity index (χ0) is 6.85. The molecule has 2 unspecified atom stereocenters. The van der Waals surface area contributed by atoms with Crippen LogP contribution in [0.5, 0.6) is 0 Å². The van der Waals surface area contributed by atoms with Gasteiger partial charge in [-0.2, -0.15) is 4.84 Å². The SMILES string of the molecule is CN(I)C1CO[NH+]([O-])O1. The summed E-state index contributed by atoms with van der Waals surface area (Å²) >= 11 is 2.03. The second-order valence-corrected chi connectivity index (χ2v) is 3.18. The third-order valence-electron chi connectivity index (χ3n) is 0.973. The van der Waals surface area contributed by atoms with Gasteiger partial charge in [0, 0.05) is 22.9 Å². The summed E-state index contributed by atoms with van der Waals surface area (Å²) in [5.74, 6) is 0. The molecule has 1 N–H and O–H groups in total. The number of hydrogen-bond donors (Lipinski definition) is 1. The van der Waals surface area contributed by atoms with Crippen molar-refractivity contribution in [2.75, 3.05) is 13.7 Å². The summed E-state index contributed by atoms with van der Waals surface area (Å²) in [7, 11) is 1.81. The van der Waals surface area contributed by atoms with Gasteiger partial charge < -0.3 is 5.21 Å². The van der Waals surface area contributed by atoms with E-state index in [2.05, 4.69) is 9.68 Å². The topological polar surface area (TPSA) is 49.2 Å². The maximum atomic E-state index is 10.3. The van der Waals surface area contributed by atoms with Crippen LogP contribution < -0.4 is 5.39 Å². The zero-order valence-corrected chi connectivity index (χ0v) is 6.99. The number of likely N-dealkylation sites (N-methyl/N-ethyl adjacent to an activating group) is 1. The first kappa shape index (κ1) is 7.63. The van der Waals surface area contributed by atoms with Crippen molar-refractivity contribution in [1.29, 1.82) is 0 Å². The first-order valence-corrected chi connectivity index (χ1v) is 3.38. The van der Waals surface area contributed by atoms with E-state index in [1.165, 1.54) is 0 Å². The van der Waals surface area contributed by atoms with Crippen LogP contribution in [0, 0.1) is 5.21 Å². The summed E-state index contributed by atoms with van der Waals surface area (Å²) in [5.41, 5.74) is 0. The zero-order valence-electron chi connectivity index (χ0n) is 4.83. The van der Waals surface area contributed by atoms with Crippen molar-refractivity contribution in [2.45, 2.75) is 6.23 Å². The third-order valence-corrected chi connectivity index (χ3v) is 1.59. The Hall–Kier alpha value is 0.530. The quantitative estimate of drug-likeness (QED) is 0.360. The predicted molar refractivity (Wildman–Crippen MR) is 36.9 cm³/mol. The molecule has 0 aromatic rings. The largest absolute Gasteiger partial charge is 0.566 e. The molecule has 0 aliphatic carbocycles. The summed E-state index contributed by atoms with van der Waals surface area (Å²) in [5, 5.41) is 9.70. The Labute approximate surface area is 66.5 Å². The molecule has 1 aliphatic rings. The molecular formula is C3H7IN2O3. The van der Waals surface area contributed by atoms with Gasteiger partial charge in [0.25, 0.3) is 0 Å². The van der Waals surface area contributed by atoms with E-state index >= 15 is 0 Å². The van der Waals surface area contributed by atoms with E-state index in [1.54, 1.807) is 3.11 Å². The maximum absolute atomic E-state index is 10.3. The fourth-order valence-electron chi connectivity index (χ4n) is 0.494. The molecule has 0 amide bonds. The predicted octanol–water partition coefficient (Wildman–Crippen LogP) is -1.15. The fraction of sp³-hybridized carbons (Fsp3) is 1.00. The molecule has 2 atom stereocenters. The highest BCUT2D eigenvalue weighted by molar-refractivity contribution is 14.1. The van der Waals surface area contributed by atoms with Gasteiger partial charge in [-0.05, 0) is 7.05 Å². The van der Waals surface area contributed by atoms with Gasteiger partial charge in [0.05, 0.1) is 0 Å². The first-order valence-electron chi connectivity index (χ1n) is 2.42. The molecule has 0 bridgehead atoms. The molecule has 1 heterocycles. The number of nitrogens with zero attached hydrogens (tertiary/aromatic N) is 1. The normalized spacial score (nSPS) is 36.0. The van der Waals surface area contributed by atoms with Crippen molar-refractivity contribution < 1.29 is 15.1 Å². The number of quaternary nitrogens is 1. The molecule has 0 spiro atoms. The van der Waals surface area contributed by atoms with Crippen molar-refractivity contribution in [2.24, 2.45) is 0 Å². The molecule has 1 fully saturated rings. The van der Waals surface area contributed by atoms with Gasteiger partial charge in [0.2, 0.25) is 6.23 Å². The van der Waals surface area contributed by atoms with Crippen LogP contribution in [0.15, 0.2) is 0 Å². The van der Waals surface area contributed by atoms with Crippen molar-refractivity contribution in [3.63, 3.8) is 0 Å². The van der Waals surface area contributed by atoms with Gasteiger partial charge in [-0.3, -0.25) is 0 Å². The summed E-state index contributed by atoms with van der Waals surface area (Å²) in [6, 6.07) is 0. The van der Waals surface area contributed by atoms with E-state index in [0.717, 1.165) is 0 Å². The van der Waals surface area contributed by atoms with Crippen LogP contribution in [0.3, 0.4) is 0 Å². The highest BCUT2D eigenvalue weighted by atomic mass is 127. The monoisotopic (exact) mass is 246 g/mol. The second kappa shape index (κ2) is 3.08. The Balaban J connectivity index is 2.30. The fourth-order valence-corrected chi connectivity index (χ4v) is 0.768. The average Bonchev–Trinajstić information content (AvgIpc) is 2.14. The van der Waals surface area contributed by atoms with E-state index in [-0.39, 0.29) is 6.23 Å². The van der Waals surface area contributed by atoms with Gasteiger partial charge >= 0.3 is 0 Å². The molecule has 5 nitrogen and oxygen atoms in total. The van der Waals surface area contributed by atoms with Gasteiger partial charge in [-0.1, -0.05) is 5.39 Å².